The van der Waals surface area contributed by atoms with E-state index in [9.17, 15) is 4.79 Å². The van der Waals surface area contributed by atoms with Crippen LogP contribution in [-0.4, -0.2) is 12.0 Å². The number of halogens is 3. The molecule has 0 heterocycles. The van der Waals surface area contributed by atoms with E-state index in [0.717, 1.165) is 0 Å². The van der Waals surface area contributed by atoms with E-state index >= 15 is 0 Å². The Hall–Kier alpha value is -1.42. The fraction of sp³-hybridized carbons (Fsp3) is 0.133. The monoisotopic (exact) mass is 343 g/mol. The van der Waals surface area contributed by atoms with E-state index < -0.39 is 6.10 Å². The predicted molar refractivity (Wildman–Crippen MR) is 86.6 cm³/mol. The molecule has 2 aromatic carbocycles. The molecule has 0 saturated carbocycles. The van der Waals surface area contributed by atoms with Gasteiger partial charge in [0.15, 0.2) is 6.10 Å². The Kier molecular flexibility index (Phi) is 5.34. The molecule has 0 fully saturated rings. The second-order valence-corrected chi connectivity index (χ2v) is 5.61. The summed E-state index contributed by atoms with van der Waals surface area (Å²) in [6, 6.07) is 11.7. The molecule has 0 unspecified atom stereocenters. The van der Waals surface area contributed by atoms with E-state index in [-0.39, 0.29) is 5.91 Å². The first-order valence-electron chi connectivity index (χ1n) is 6.14. The Morgan fingerprint density at radius 2 is 1.81 bits per heavy atom. The molecule has 1 atom stereocenters. The molecule has 2 rings (SSSR count). The summed E-state index contributed by atoms with van der Waals surface area (Å²) < 4.78 is 5.53. The standard InChI is InChI=1S/C15H12Cl3NO2/c1-9(21-14-6-5-11(17)8-13(14)18)15(20)19-12-4-2-3-10(16)7-12/h2-9H,1H3,(H,19,20)/t9-/m0/s1. The molecule has 21 heavy (non-hydrogen) atoms. The lowest BCUT2D eigenvalue weighted by molar-refractivity contribution is -0.122. The van der Waals surface area contributed by atoms with Crippen molar-refractivity contribution < 1.29 is 9.53 Å². The molecule has 6 heteroatoms. The van der Waals surface area contributed by atoms with Crippen molar-refractivity contribution in [1.29, 1.82) is 0 Å². The van der Waals surface area contributed by atoms with E-state index in [1.54, 1.807) is 49.4 Å². The number of nitrogens with one attached hydrogen (secondary N) is 1. The van der Waals surface area contributed by atoms with Gasteiger partial charge in [0.2, 0.25) is 0 Å². The van der Waals surface area contributed by atoms with E-state index in [2.05, 4.69) is 5.32 Å². The SMILES string of the molecule is C[C@H](Oc1ccc(Cl)cc1Cl)C(=O)Nc1cccc(Cl)c1. The lowest BCUT2D eigenvalue weighted by atomic mass is 10.3. The molecule has 2 aromatic rings. The van der Waals surface area contributed by atoms with Crippen molar-refractivity contribution in [3.8, 4) is 5.75 Å². The summed E-state index contributed by atoms with van der Waals surface area (Å²) in [6.07, 6.45) is -0.720. The van der Waals surface area contributed by atoms with E-state index in [0.29, 0.717) is 26.5 Å². The molecule has 0 aliphatic rings. The average molecular weight is 345 g/mol. The highest BCUT2D eigenvalue weighted by molar-refractivity contribution is 6.35. The van der Waals surface area contributed by atoms with Gasteiger partial charge in [-0.3, -0.25) is 4.79 Å². The quantitative estimate of drug-likeness (QED) is 0.842. The number of carbonyl (C=O) groups is 1. The highest BCUT2D eigenvalue weighted by Crippen LogP contribution is 2.28. The fourth-order valence-electron chi connectivity index (χ4n) is 1.62. The van der Waals surface area contributed by atoms with Gasteiger partial charge in [0.25, 0.3) is 5.91 Å². The highest BCUT2D eigenvalue weighted by atomic mass is 35.5. The molecular weight excluding hydrogens is 333 g/mol. The van der Waals surface area contributed by atoms with Gasteiger partial charge in [0.1, 0.15) is 5.75 Å². The summed E-state index contributed by atoms with van der Waals surface area (Å²) in [6.45, 7) is 1.63. The van der Waals surface area contributed by atoms with Crippen LogP contribution in [0.4, 0.5) is 5.69 Å². The van der Waals surface area contributed by atoms with Crippen LogP contribution in [-0.2, 0) is 4.79 Å². The molecule has 0 aromatic heterocycles. The van der Waals surface area contributed by atoms with Gasteiger partial charge in [-0.25, -0.2) is 0 Å². The van der Waals surface area contributed by atoms with Crippen LogP contribution in [0.25, 0.3) is 0 Å². The molecule has 0 aliphatic carbocycles. The van der Waals surface area contributed by atoms with Gasteiger partial charge in [0.05, 0.1) is 5.02 Å². The minimum atomic E-state index is -0.720. The Labute approximate surface area is 137 Å². The van der Waals surface area contributed by atoms with E-state index in [1.165, 1.54) is 0 Å². The predicted octanol–water partition coefficient (Wildman–Crippen LogP) is 5.05. The second kappa shape index (κ2) is 7.03. The van der Waals surface area contributed by atoms with Crippen LogP contribution in [0.2, 0.25) is 15.1 Å². The fourth-order valence-corrected chi connectivity index (χ4v) is 2.27. The maximum atomic E-state index is 12.1. The maximum Gasteiger partial charge on any atom is 0.265 e. The van der Waals surface area contributed by atoms with Crippen LogP contribution in [0, 0.1) is 0 Å². The van der Waals surface area contributed by atoms with Gasteiger partial charge in [-0.1, -0.05) is 40.9 Å². The van der Waals surface area contributed by atoms with Gasteiger partial charge in [-0.2, -0.15) is 0 Å². The van der Waals surface area contributed by atoms with Gasteiger partial charge < -0.3 is 10.1 Å². The number of anilines is 1. The Balaban J connectivity index is 2.02. The Morgan fingerprint density at radius 1 is 1.10 bits per heavy atom. The van der Waals surface area contributed by atoms with Crippen LogP contribution in [0.15, 0.2) is 42.5 Å². The summed E-state index contributed by atoms with van der Waals surface area (Å²) in [4.78, 5) is 12.1. The van der Waals surface area contributed by atoms with Crippen molar-refractivity contribution >= 4 is 46.4 Å². The minimum Gasteiger partial charge on any atom is -0.479 e. The molecule has 0 spiro atoms. The van der Waals surface area contributed by atoms with Crippen LogP contribution in [0.3, 0.4) is 0 Å². The smallest absolute Gasteiger partial charge is 0.265 e. The zero-order chi connectivity index (χ0) is 15.4. The molecular formula is C15H12Cl3NO2. The largest absolute Gasteiger partial charge is 0.479 e. The zero-order valence-corrected chi connectivity index (χ0v) is 13.3. The highest BCUT2D eigenvalue weighted by Gasteiger charge is 2.16. The van der Waals surface area contributed by atoms with Gasteiger partial charge in [0, 0.05) is 15.7 Å². The summed E-state index contributed by atoms with van der Waals surface area (Å²) >= 11 is 17.7. The summed E-state index contributed by atoms with van der Waals surface area (Å²) in [5.74, 6) is 0.0955. The van der Waals surface area contributed by atoms with Crippen LogP contribution in [0.1, 0.15) is 6.92 Å². The number of hydrogen-bond acceptors (Lipinski definition) is 2. The first-order chi connectivity index (χ1) is 9.95. The topological polar surface area (TPSA) is 38.3 Å². The van der Waals surface area contributed by atoms with Gasteiger partial charge in [-0.15, -0.1) is 0 Å². The average Bonchev–Trinajstić information content (AvgIpc) is 2.41. The maximum absolute atomic E-state index is 12.1. The number of ether oxygens (including phenoxy) is 1. The molecule has 110 valence electrons. The van der Waals surface area contributed by atoms with Crippen molar-refractivity contribution in [2.24, 2.45) is 0 Å². The lowest BCUT2D eigenvalue weighted by Crippen LogP contribution is -2.30. The third-order valence-electron chi connectivity index (χ3n) is 2.66. The third kappa shape index (κ3) is 4.53. The number of hydrogen-bond donors (Lipinski definition) is 1. The number of rotatable bonds is 4. The van der Waals surface area contributed by atoms with Crippen molar-refractivity contribution in [2.45, 2.75) is 13.0 Å². The van der Waals surface area contributed by atoms with Gasteiger partial charge in [-0.05, 0) is 43.3 Å². The zero-order valence-electron chi connectivity index (χ0n) is 11.1. The molecule has 1 N–H and O–H groups in total. The molecule has 0 bridgehead atoms. The third-order valence-corrected chi connectivity index (χ3v) is 3.42. The van der Waals surface area contributed by atoms with E-state index in [4.69, 9.17) is 39.5 Å². The number of amides is 1. The second-order valence-electron chi connectivity index (χ2n) is 4.33. The summed E-state index contributed by atoms with van der Waals surface area (Å²) in [7, 11) is 0. The van der Waals surface area contributed by atoms with Crippen LogP contribution < -0.4 is 10.1 Å². The van der Waals surface area contributed by atoms with E-state index in [1.807, 2.05) is 0 Å². The minimum absolute atomic E-state index is 0.303. The first-order valence-corrected chi connectivity index (χ1v) is 7.27. The Bertz CT molecular complexity index is 661. The molecule has 0 aliphatic heterocycles. The van der Waals surface area contributed by atoms with Crippen molar-refractivity contribution in [3.05, 3.63) is 57.5 Å². The van der Waals surface area contributed by atoms with Crippen molar-refractivity contribution in [2.75, 3.05) is 5.32 Å². The first kappa shape index (κ1) is 16.0. The lowest BCUT2D eigenvalue weighted by Gasteiger charge is -2.15. The van der Waals surface area contributed by atoms with Gasteiger partial charge >= 0.3 is 0 Å². The number of carbonyl (C=O) groups excluding carboxylic acids is 1. The summed E-state index contributed by atoms with van der Waals surface area (Å²) in [5, 5.41) is 4.11. The number of benzene rings is 2. The van der Waals surface area contributed by atoms with Crippen molar-refractivity contribution in [3.63, 3.8) is 0 Å². The normalized spacial score (nSPS) is 11.8. The van der Waals surface area contributed by atoms with Crippen LogP contribution >= 0.6 is 34.8 Å². The Morgan fingerprint density at radius 3 is 2.48 bits per heavy atom. The molecule has 3 nitrogen and oxygen atoms in total. The van der Waals surface area contributed by atoms with Crippen LogP contribution in [0.5, 0.6) is 5.75 Å². The summed E-state index contributed by atoms with van der Waals surface area (Å²) in [5.41, 5.74) is 0.602. The molecule has 0 saturated heterocycles. The molecule has 1 amide bonds. The van der Waals surface area contributed by atoms with Crippen molar-refractivity contribution in [1.82, 2.24) is 0 Å². The molecule has 0 radical (unpaired) electrons.